The highest BCUT2D eigenvalue weighted by Crippen LogP contribution is 2.35. The van der Waals surface area contributed by atoms with E-state index in [9.17, 15) is 14.4 Å². The summed E-state index contributed by atoms with van der Waals surface area (Å²) in [5, 5.41) is 3.26. The monoisotopic (exact) mass is 413 g/mol. The number of pyridine rings is 1. The number of carbonyl (C=O) groups excluding carboxylic acids is 3. The summed E-state index contributed by atoms with van der Waals surface area (Å²) in [6.45, 7) is 7.03. The highest BCUT2D eigenvalue weighted by atomic mass is 16.2. The average Bonchev–Trinajstić information content (AvgIpc) is 3.51. The van der Waals surface area contributed by atoms with Crippen molar-refractivity contribution in [2.45, 2.75) is 51.2 Å². The molecule has 1 aromatic heterocycles. The summed E-state index contributed by atoms with van der Waals surface area (Å²) < 4.78 is 0. The van der Waals surface area contributed by atoms with Gasteiger partial charge in [0.15, 0.2) is 0 Å². The van der Waals surface area contributed by atoms with E-state index in [1.54, 1.807) is 29.4 Å². The Kier molecular flexibility index (Phi) is 6.04. The van der Waals surface area contributed by atoms with Crippen molar-refractivity contribution in [1.82, 2.24) is 25.0 Å². The molecule has 8 nitrogen and oxygen atoms in total. The molecular weight excluding hydrogens is 382 g/mol. The molecule has 1 aromatic rings. The lowest BCUT2D eigenvalue weighted by Crippen LogP contribution is -2.53. The molecule has 3 fully saturated rings. The number of nitrogens with one attached hydrogen (secondary N) is 1. The molecule has 0 radical (unpaired) electrons. The van der Waals surface area contributed by atoms with E-state index < -0.39 is 6.04 Å². The van der Waals surface area contributed by atoms with E-state index >= 15 is 0 Å². The Balaban J connectivity index is 1.60. The second kappa shape index (κ2) is 8.71. The first-order chi connectivity index (χ1) is 14.5. The summed E-state index contributed by atoms with van der Waals surface area (Å²) in [6, 6.07) is 3.04. The van der Waals surface area contributed by atoms with Gasteiger partial charge in [-0.25, -0.2) is 0 Å². The van der Waals surface area contributed by atoms with E-state index in [-0.39, 0.29) is 35.7 Å². The van der Waals surface area contributed by atoms with Crippen molar-refractivity contribution in [1.29, 1.82) is 0 Å². The quantitative estimate of drug-likeness (QED) is 0.770. The van der Waals surface area contributed by atoms with Crippen LogP contribution < -0.4 is 5.32 Å². The van der Waals surface area contributed by atoms with Crippen LogP contribution in [-0.2, 0) is 9.59 Å². The summed E-state index contributed by atoms with van der Waals surface area (Å²) in [7, 11) is 0. The zero-order valence-electron chi connectivity index (χ0n) is 17.8. The van der Waals surface area contributed by atoms with Crippen LogP contribution in [0.25, 0.3) is 0 Å². The number of hydrogen-bond donors (Lipinski definition) is 1. The van der Waals surface area contributed by atoms with E-state index in [0.29, 0.717) is 31.6 Å². The van der Waals surface area contributed by atoms with Crippen LogP contribution >= 0.6 is 0 Å². The molecule has 0 spiro atoms. The largest absolute Gasteiger partial charge is 0.338 e. The summed E-state index contributed by atoms with van der Waals surface area (Å²) >= 11 is 0. The van der Waals surface area contributed by atoms with E-state index in [1.807, 2.05) is 23.6 Å². The molecule has 8 heteroatoms. The lowest BCUT2D eigenvalue weighted by Gasteiger charge is -2.32. The second-order valence-corrected chi connectivity index (χ2v) is 8.81. The Morgan fingerprint density at radius 3 is 2.50 bits per heavy atom. The normalized spacial score (nSPS) is 24.2. The molecule has 3 heterocycles. The van der Waals surface area contributed by atoms with Crippen LogP contribution in [0.2, 0.25) is 0 Å². The van der Waals surface area contributed by atoms with Crippen molar-refractivity contribution in [3.63, 3.8) is 0 Å². The van der Waals surface area contributed by atoms with Crippen molar-refractivity contribution >= 4 is 17.7 Å². The highest BCUT2D eigenvalue weighted by Gasteiger charge is 2.48. The van der Waals surface area contributed by atoms with Gasteiger partial charge in [-0.15, -0.1) is 0 Å². The van der Waals surface area contributed by atoms with Gasteiger partial charge < -0.3 is 20.0 Å². The molecule has 30 heavy (non-hydrogen) atoms. The van der Waals surface area contributed by atoms with Crippen LogP contribution in [-0.4, -0.2) is 88.3 Å². The standard InChI is InChI=1S/C22H31N5O3/c1-15(2)20(28)27(17-5-6-17)18-12-19(22(30)25-10-8-23-9-11-25)26(14-18)21(29)16-4-3-7-24-13-16/h3-4,7,13,15,17-19,23H,5-6,8-12,14H2,1-2H3. The van der Waals surface area contributed by atoms with Crippen molar-refractivity contribution in [3.8, 4) is 0 Å². The fourth-order valence-corrected chi connectivity index (χ4v) is 4.53. The Morgan fingerprint density at radius 1 is 1.17 bits per heavy atom. The van der Waals surface area contributed by atoms with Crippen LogP contribution in [0, 0.1) is 5.92 Å². The number of likely N-dealkylation sites (tertiary alicyclic amines) is 1. The van der Waals surface area contributed by atoms with Crippen molar-refractivity contribution in [2.75, 3.05) is 32.7 Å². The molecule has 2 unspecified atom stereocenters. The molecule has 162 valence electrons. The average molecular weight is 414 g/mol. The van der Waals surface area contributed by atoms with Crippen LogP contribution in [0.15, 0.2) is 24.5 Å². The maximum absolute atomic E-state index is 13.4. The van der Waals surface area contributed by atoms with E-state index in [2.05, 4.69) is 10.3 Å². The summed E-state index contributed by atoms with van der Waals surface area (Å²) in [5.74, 6) is -0.182. The van der Waals surface area contributed by atoms with E-state index in [1.165, 1.54) is 0 Å². The second-order valence-electron chi connectivity index (χ2n) is 8.81. The first kappa shape index (κ1) is 20.8. The summed E-state index contributed by atoms with van der Waals surface area (Å²) in [4.78, 5) is 49.2. The third kappa shape index (κ3) is 4.19. The van der Waals surface area contributed by atoms with Gasteiger partial charge in [0, 0.05) is 57.1 Å². The zero-order chi connectivity index (χ0) is 21.3. The Bertz CT molecular complexity index is 789. The topological polar surface area (TPSA) is 85.9 Å². The maximum atomic E-state index is 13.4. The van der Waals surface area contributed by atoms with Gasteiger partial charge in [-0.1, -0.05) is 13.8 Å². The number of hydrogen-bond acceptors (Lipinski definition) is 5. The van der Waals surface area contributed by atoms with Crippen molar-refractivity contribution in [3.05, 3.63) is 30.1 Å². The fraction of sp³-hybridized carbons (Fsp3) is 0.636. The van der Waals surface area contributed by atoms with Crippen molar-refractivity contribution in [2.24, 2.45) is 5.92 Å². The molecule has 0 aromatic carbocycles. The molecule has 1 aliphatic carbocycles. The summed E-state index contributed by atoms with van der Waals surface area (Å²) in [6.07, 6.45) is 5.68. The third-order valence-corrected chi connectivity index (χ3v) is 6.24. The predicted octanol–water partition coefficient (Wildman–Crippen LogP) is 0.744. The minimum absolute atomic E-state index is 0.0102. The van der Waals surface area contributed by atoms with Gasteiger partial charge in [-0.2, -0.15) is 0 Å². The first-order valence-electron chi connectivity index (χ1n) is 11.0. The molecule has 2 saturated heterocycles. The number of nitrogens with zero attached hydrogens (tertiary/aromatic N) is 4. The minimum atomic E-state index is -0.540. The van der Waals surface area contributed by atoms with Gasteiger partial charge in [0.2, 0.25) is 11.8 Å². The lowest BCUT2D eigenvalue weighted by molar-refractivity contribution is -0.138. The molecule has 2 aliphatic heterocycles. The zero-order valence-corrected chi connectivity index (χ0v) is 17.8. The molecule has 4 rings (SSSR count). The van der Waals surface area contributed by atoms with Gasteiger partial charge in [0.25, 0.3) is 5.91 Å². The smallest absolute Gasteiger partial charge is 0.256 e. The van der Waals surface area contributed by atoms with Gasteiger partial charge in [-0.05, 0) is 31.4 Å². The summed E-state index contributed by atoms with van der Waals surface area (Å²) in [5.41, 5.74) is 0.476. The van der Waals surface area contributed by atoms with Crippen LogP contribution in [0.4, 0.5) is 0 Å². The SMILES string of the molecule is CC(C)C(=O)N(C1CC1)C1CC(C(=O)N2CCNCC2)N(C(=O)c2cccnc2)C1. The lowest BCUT2D eigenvalue weighted by atomic mass is 10.1. The fourth-order valence-electron chi connectivity index (χ4n) is 4.53. The molecular formula is C22H31N5O3. The highest BCUT2D eigenvalue weighted by molar-refractivity contribution is 5.98. The molecule has 2 atom stereocenters. The molecule has 0 bridgehead atoms. The van der Waals surface area contributed by atoms with Gasteiger partial charge in [-0.3, -0.25) is 19.4 Å². The molecule has 3 amide bonds. The van der Waals surface area contributed by atoms with Crippen LogP contribution in [0.3, 0.4) is 0 Å². The first-order valence-corrected chi connectivity index (χ1v) is 11.0. The molecule has 1 saturated carbocycles. The number of aromatic nitrogens is 1. The predicted molar refractivity (Wildman–Crippen MR) is 112 cm³/mol. The Labute approximate surface area is 177 Å². The van der Waals surface area contributed by atoms with Crippen LogP contribution in [0.5, 0.6) is 0 Å². The van der Waals surface area contributed by atoms with Gasteiger partial charge in [0.05, 0.1) is 11.6 Å². The Hall–Kier alpha value is -2.48. The van der Waals surface area contributed by atoms with E-state index in [0.717, 1.165) is 25.9 Å². The molecule has 1 N–H and O–H groups in total. The number of rotatable bonds is 5. The minimum Gasteiger partial charge on any atom is -0.338 e. The maximum Gasteiger partial charge on any atom is 0.256 e. The Morgan fingerprint density at radius 2 is 1.90 bits per heavy atom. The van der Waals surface area contributed by atoms with Crippen molar-refractivity contribution < 1.29 is 14.4 Å². The van der Waals surface area contributed by atoms with Gasteiger partial charge in [0.1, 0.15) is 6.04 Å². The van der Waals surface area contributed by atoms with Gasteiger partial charge >= 0.3 is 0 Å². The number of amides is 3. The number of carbonyl (C=O) groups is 3. The molecule has 3 aliphatic rings. The van der Waals surface area contributed by atoms with E-state index in [4.69, 9.17) is 0 Å². The third-order valence-electron chi connectivity index (χ3n) is 6.24. The number of piperazine rings is 1. The van der Waals surface area contributed by atoms with Crippen LogP contribution in [0.1, 0.15) is 43.5 Å².